The monoisotopic (exact) mass is 323 g/mol. The summed E-state index contributed by atoms with van der Waals surface area (Å²) in [5, 5.41) is 12.9. The summed E-state index contributed by atoms with van der Waals surface area (Å²) in [7, 11) is 0. The van der Waals surface area contributed by atoms with Gasteiger partial charge in [0.05, 0.1) is 0 Å². The van der Waals surface area contributed by atoms with Crippen LogP contribution in [0.1, 0.15) is 76.6 Å². The lowest BCUT2D eigenvalue weighted by Gasteiger charge is -2.27. The second-order valence-corrected chi connectivity index (χ2v) is 7.52. The van der Waals surface area contributed by atoms with E-state index in [4.69, 9.17) is 0 Å². The van der Waals surface area contributed by atoms with Crippen molar-refractivity contribution in [1.82, 2.24) is 10.2 Å². The predicted molar refractivity (Wildman–Crippen MR) is 92.1 cm³/mol. The first-order chi connectivity index (χ1) is 10.7. The average molecular weight is 324 g/mol. The van der Waals surface area contributed by atoms with E-state index >= 15 is 0 Å². The Labute approximate surface area is 138 Å². The maximum absolute atomic E-state index is 12.3. The van der Waals surface area contributed by atoms with Crippen LogP contribution in [0.3, 0.4) is 0 Å². The van der Waals surface area contributed by atoms with Crippen LogP contribution in [0.5, 0.6) is 0 Å². The first-order valence-electron chi connectivity index (χ1n) is 8.86. The van der Waals surface area contributed by atoms with E-state index in [1.54, 1.807) is 0 Å². The van der Waals surface area contributed by atoms with Crippen molar-refractivity contribution in [1.29, 1.82) is 0 Å². The molecule has 1 aromatic rings. The molecule has 4 nitrogen and oxygen atoms in total. The van der Waals surface area contributed by atoms with E-state index in [1.165, 1.54) is 43.4 Å². The van der Waals surface area contributed by atoms with E-state index in [0.717, 1.165) is 43.0 Å². The number of carbonyl (C=O) groups excluding carboxylic acids is 1. The summed E-state index contributed by atoms with van der Waals surface area (Å²) in [4.78, 5) is 12.3. The number of carbonyl (C=O) groups is 1. The SMILES string of the molecule is CCCCc1nnc(NC(=O)C2CCC(CCCC)CC2)s1. The Morgan fingerprint density at radius 3 is 2.55 bits per heavy atom. The first kappa shape index (κ1) is 17.4. The van der Waals surface area contributed by atoms with Gasteiger partial charge in [0.1, 0.15) is 5.01 Å². The number of nitrogens with zero attached hydrogens (tertiary/aromatic N) is 2. The van der Waals surface area contributed by atoms with Gasteiger partial charge in [-0.05, 0) is 38.0 Å². The number of anilines is 1. The molecule has 1 N–H and O–H groups in total. The molecular weight excluding hydrogens is 294 g/mol. The molecule has 1 heterocycles. The molecule has 0 aliphatic heterocycles. The molecule has 0 spiro atoms. The zero-order valence-electron chi connectivity index (χ0n) is 13.9. The Morgan fingerprint density at radius 2 is 1.86 bits per heavy atom. The van der Waals surface area contributed by atoms with Crippen molar-refractivity contribution in [3.8, 4) is 0 Å². The maximum atomic E-state index is 12.3. The number of aryl methyl sites for hydroxylation is 1. The highest BCUT2D eigenvalue weighted by Crippen LogP contribution is 2.32. The van der Waals surface area contributed by atoms with Gasteiger partial charge in [-0.2, -0.15) is 0 Å². The number of rotatable bonds is 8. The number of unbranched alkanes of at least 4 members (excludes halogenated alkanes) is 2. The van der Waals surface area contributed by atoms with Crippen LogP contribution in [0.4, 0.5) is 5.13 Å². The molecular formula is C17H29N3OS. The van der Waals surface area contributed by atoms with Crippen LogP contribution in [0.2, 0.25) is 0 Å². The van der Waals surface area contributed by atoms with E-state index in [-0.39, 0.29) is 11.8 Å². The van der Waals surface area contributed by atoms with Crippen molar-refractivity contribution in [2.45, 2.75) is 78.1 Å². The number of hydrogen-bond donors (Lipinski definition) is 1. The quantitative estimate of drug-likeness (QED) is 0.746. The van der Waals surface area contributed by atoms with Gasteiger partial charge < -0.3 is 5.32 Å². The molecule has 2 rings (SSSR count). The number of hydrogen-bond acceptors (Lipinski definition) is 4. The molecule has 0 bridgehead atoms. The van der Waals surface area contributed by atoms with Crippen molar-refractivity contribution < 1.29 is 4.79 Å². The van der Waals surface area contributed by atoms with Gasteiger partial charge in [0.25, 0.3) is 0 Å². The Hall–Kier alpha value is -0.970. The summed E-state index contributed by atoms with van der Waals surface area (Å²) < 4.78 is 0. The second-order valence-electron chi connectivity index (χ2n) is 6.45. The number of aromatic nitrogens is 2. The van der Waals surface area contributed by atoms with Crippen molar-refractivity contribution in [3.05, 3.63) is 5.01 Å². The first-order valence-corrected chi connectivity index (χ1v) is 9.67. The minimum Gasteiger partial charge on any atom is -0.300 e. The molecule has 1 aliphatic carbocycles. The highest BCUT2D eigenvalue weighted by Gasteiger charge is 2.26. The molecule has 1 aromatic heterocycles. The summed E-state index contributed by atoms with van der Waals surface area (Å²) in [6, 6.07) is 0. The number of nitrogens with one attached hydrogen (secondary N) is 1. The summed E-state index contributed by atoms with van der Waals surface area (Å²) in [6.07, 6.45) is 11.7. The Bertz CT molecular complexity index is 453. The topological polar surface area (TPSA) is 54.9 Å². The van der Waals surface area contributed by atoms with Crippen LogP contribution in [-0.4, -0.2) is 16.1 Å². The van der Waals surface area contributed by atoms with Crippen LogP contribution < -0.4 is 5.32 Å². The maximum Gasteiger partial charge on any atom is 0.229 e. The minimum absolute atomic E-state index is 0.145. The minimum atomic E-state index is 0.145. The molecule has 124 valence electrons. The van der Waals surface area contributed by atoms with Gasteiger partial charge in [-0.3, -0.25) is 4.79 Å². The van der Waals surface area contributed by atoms with E-state index in [1.807, 2.05) is 0 Å². The van der Waals surface area contributed by atoms with Crippen molar-refractivity contribution in [2.24, 2.45) is 11.8 Å². The van der Waals surface area contributed by atoms with E-state index in [2.05, 4.69) is 29.4 Å². The van der Waals surface area contributed by atoms with Gasteiger partial charge in [-0.15, -0.1) is 10.2 Å². The van der Waals surface area contributed by atoms with Gasteiger partial charge in [-0.25, -0.2) is 0 Å². The number of amides is 1. The molecule has 0 radical (unpaired) electrons. The predicted octanol–water partition coefficient (Wildman–Crippen LogP) is 4.82. The summed E-state index contributed by atoms with van der Waals surface area (Å²) in [6.45, 7) is 4.41. The van der Waals surface area contributed by atoms with Crippen molar-refractivity contribution in [2.75, 3.05) is 5.32 Å². The second kappa shape index (κ2) is 9.23. The highest BCUT2D eigenvalue weighted by molar-refractivity contribution is 7.15. The largest absolute Gasteiger partial charge is 0.300 e. The van der Waals surface area contributed by atoms with Crippen LogP contribution >= 0.6 is 11.3 Å². The van der Waals surface area contributed by atoms with Crippen molar-refractivity contribution in [3.63, 3.8) is 0 Å². The molecule has 0 aromatic carbocycles. The van der Waals surface area contributed by atoms with Crippen molar-refractivity contribution >= 4 is 22.4 Å². The van der Waals surface area contributed by atoms with Gasteiger partial charge >= 0.3 is 0 Å². The Morgan fingerprint density at radius 1 is 1.14 bits per heavy atom. The molecule has 0 unspecified atom stereocenters. The third kappa shape index (κ3) is 5.34. The normalized spacial score (nSPS) is 21.7. The zero-order chi connectivity index (χ0) is 15.8. The lowest BCUT2D eigenvalue weighted by Crippen LogP contribution is -2.27. The zero-order valence-corrected chi connectivity index (χ0v) is 14.8. The molecule has 0 atom stereocenters. The fraction of sp³-hybridized carbons (Fsp3) is 0.824. The van der Waals surface area contributed by atoms with Gasteiger partial charge in [0.15, 0.2) is 0 Å². The van der Waals surface area contributed by atoms with Crippen LogP contribution in [0.25, 0.3) is 0 Å². The molecule has 1 saturated carbocycles. The van der Waals surface area contributed by atoms with E-state index in [0.29, 0.717) is 5.13 Å². The lowest BCUT2D eigenvalue weighted by atomic mass is 9.79. The average Bonchev–Trinajstić information content (AvgIpc) is 2.98. The van der Waals surface area contributed by atoms with Gasteiger partial charge in [0, 0.05) is 12.3 Å². The fourth-order valence-corrected chi connectivity index (χ4v) is 3.93. The third-order valence-electron chi connectivity index (χ3n) is 4.62. The third-order valence-corrected chi connectivity index (χ3v) is 5.52. The Balaban J connectivity index is 1.74. The Kier molecular flexibility index (Phi) is 7.30. The van der Waals surface area contributed by atoms with Gasteiger partial charge in [0.2, 0.25) is 11.0 Å². The molecule has 5 heteroatoms. The summed E-state index contributed by atoms with van der Waals surface area (Å²) in [5.41, 5.74) is 0. The van der Waals surface area contributed by atoms with E-state index in [9.17, 15) is 4.79 Å². The summed E-state index contributed by atoms with van der Waals surface area (Å²) >= 11 is 1.52. The standard InChI is InChI=1S/C17H29N3OS/c1-3-5-7-13-9-11-14(12-10-13)16(21)18-17-20-19-15(22-17)8-6-4-2/h13-14H,3-12H2,1-2H3,(H,18,20,21). The lowest BCUT2D eigenvalue weighted by molar-refractivity contribution is -0.121. The van der Waals surface area contributed by atoms with Crippen LogP contribution in [0, 0.1) is 11.8 Å². The fourth-order valence-electron chi connectivity index (χ4n) is 3.15. The smallest absolute Gasteiger partial charge is 0.229 e. The highest BCUT2D eigenvalue weighted by atomic mass is 32.1. The van der Waals surface area contributed by atoms with Gasteiger partial charge in [-0.1, -0.05) is 50.9 Å². The van der Waals surface area contributed by atoms with E-state index < -0.39 is 0 Å². The summed E-state index contributed by atoms with van der Waals surface area (Å²) in [5.74, 6) is 1.15. The molecule has 1 aliphatic rings. The molecule has 1 amide bonds. The molecule has 22 heavy (non-hydrogen) atoms. The molecule has 1 fully saturated rings. The molecule has 0 saturated heterocycles. The van der Waals surface area contributed by atoms with Crippen LogP contribution in [0.15, 0.2) is 0 Å². The van der Waals surface area contributed by atoms with Crippen LogP contribution in [-0.2, 0) is 11.2 Å².